The van der Waals surface area contributed by atoms with Crippen molar-refractivity contribution in [3.05, 3.63) is 63.9 Å². The highest BCUT2D eigenvalue weighted by Crippen LogP contribution is 2.25. The van der Waals surface area contributed by atoms with Gasteiger partial charge in [0.1, 0.15) is 0 Å². The first-order chi connectivity index (χ1) is 10.1. The second-order valence-corrected chi connectivity index (χ2v) is 5.64. The van der Waals surface area contributed by atoms with Crippen LogP contribution in [0.2, 0.25) is 10.0 Å². The van der Waals surface area contributed by atoms with E-state index in [1.165, 1.54) is 0 Å². The van der Waals surface area contributed by atoms with Gasteiger partial charge in [-0.15, -0.1) is 0 Å². The number of carbonyl (C=O) groups excluding carboxylic acids is 1. The van der Waals surface area contributed by atoms with E-state index in [1.54, 1.807) is 24.5 Å². The first-order valence-corrected chi connectivity index (χ1v) is 7.45. The van der Waals surface area contributed by atoms with Crippen LogP contribution in [0.3, 0.4) is 0 Å². The SMILES string of the molecule is CC(NC(=O)CCc1cccnc1)c1ccc(Cl)c(Cl)c1. The molecule has 0 aliphatic carbocycles. The van der Waals surface area contributed by atoms with E-state index in [9.17, 15) is 4.79 Å². The number of hydrogen-bond acceptors (Lipinski definition) is 2. The summed E-state index contributed by atoms with van der Waals surface area (Å²) in [7, 11) is 0. The number of aromatic nitrogens is 1. The number of benzene rings is 1. The zero-order valence-corrected chi connectivity index (χ0v) is 13.2. The third kappa shape index (κ3) is 4.73. The summed E-state index contributed by atoms with van der Waals surface area (Å²) in [6, 6.07) is 9.09. The molecule has 0 aliphatic rings. The third-order valence-electron chi connectivity index (χ3n) is 3.18. The second kappa shape index (κ2) is 7.43. The number of nitrogens with zero attached hydrogens (tertiary/aromatic N) is 1. The van der Waals surface area contributed by atoms with E-state index in [1.807, 2.05) is 25.1 Å². The van der Waals surface area contributed by atoms with Gasteiger partial charge in [0.2, 0.25) is 5.91 Å². The van der Waals surface area contributed by atoms with Crippen LogP contribution in [0.25, 0.3) is 0 Å². The minimum absolute atomic E-state index is 0.00238. The lowest BCUT2D eigenvalue weighted by molar-refractivity contribution is -0.121. The summed E-state index contributed by atoms with van der Waals surface area (Å²) in [5, 5.41) is 3.95. The standard InChI is InChI=1S/C16H16Cl2N2O/c1-11(13-5-6-14(17)15(18)9-13)20-16(21)7-4-12-3-2-8-19-10-12/h2-3,5-6,8-11H,4,7H2,1H3,(H,20,21). The van der Waals surface area contributed by atoms with Crippen molar-refractivity contribution in [2.75, 3.05) is 0 Å². The molecule has 1 amide bonds. The fourth-order valence-electron chi connectivity index (χ4n) is 1.98. The van der Waals surface area contributed by atoms with E-state index in [-0.39, 0.29) is 11.9 Å². The largest absolute Gasteiger partial charge is 0.350 e. The second-order valence-electron chi connectivity index (χ2n) is 4.82. The average Bonchev–Trinajstić information content (AvgIpc) is 2.49. The van der Waals surface area contributed by atoms with E-state index >= 15 is 0 Å². The topological polar surface area (TPSA) is 42.0 Å². The number of amides is 1. The molecule has 0 saturated carbocycles. The molecule has 5 heteroatoms. The summed E-state index contributed by atoms with van der Waals surface area (Å²) >= 11 is 11.9. The molecule has 0 fully saturated rings. The number of nitrogens with one attached hydrogen (secondary N) is 1. The van der Waals surface area contributed by atoms with Gasteiger partial charge in [-0.1, -0.05) is 35.3 Å². The Labute approximate surface area is 134 Å². The van der Waals surface area contributed by atoms with Gasteiger partial charge in [0, 0.05) is 18.8 Å². The summed E-state index contributed by atoms with van der Waals surface area (Å²) in [6.45, 7) is 1.92. The Bertz CT molecular complexity index is 617. The van der Waals surface area contributed by atoms with Gasteiger partial charge >= 0.3 is 0 Å². The highest BCUT2D eigenvalue weighted by molar-refractivity contribution is 6.42. The quantitative estimate of drug-likeness (QED) is 0.896. The normalized spacial score (nSPS) is 12.0. The van der Waals surface area contributed by atoms with Crippen LogP contribution < -0.4 is 5.32 Å². The molecule has 3 nitrogen and oxygen atoms in total. The lowest BCUT2D eigenvalue weighted by atomic mass is 10.1. The zero-order valence-electron chi connectivity index (χ0n) is 11.6. The molecule has 21 heavy (non-hydrogen) atoms. The molecule has 0 aliphatic heterocycles. The number of carbonyl (C=O) groups is 1. The van der Waals surface area contributed by atoms with Crippen LogP contribution in [-0.4, -0.2) is 10.9 Å². The minimum atomic E-state index is -0.110. The molecule has 0 spiro atoms. The van der Waals surface area contributed by atoms with Gasteiger partial charge in [-0.3, -0.25) is 9.78 Å². The smallest absolute Gasteiger partial charge is 0.220 e. The van der Waals surface area contributed by atoms with Gasteiger partial charge in [-0.05, 0) is 42.7 Å². The third-order valence-corrected chi connectivity index (χ3v) is 3.92. The Morgan fingerprint density at radius 2 is 2.10 bits per heavy atom. The van der Waals surface area contributed by atoms with Crippen molar-refractivity contribution in [2.45, 2.75) is 25.8 Å². The number of rotatable bonds is 5. The predicted octanol–water partition coefficient (Wildman–Crippen LogP) is 4.20. The van der Waals surface area contributed by atoms with Gasteiger partial charge in [-0.2, -0.15) is 0 Å². The molecule has 1 atom stereocenters. The van der Waals surface area contributed by atoms with Crippen LogP contribution in [0.4, 0.5) is 0 Å². The molecule has 2 aromatic rings. The van der Waals surface area contributed by atoms with Crippen LogP contribution in [0.1, 0.15) is 30.5 Å². The van der Waals surface area contributed by atoms with Gasteiger partial charge in [0.25, 0.3) is 0 Å². The van der Waals surface area contributed by atoms with Crippen molar-refractivity contribution in [3.63, 3.8) is 0 Å². The highest BCUT2D eigenvalue weighted by atomic mass is 35.5. The Kier molecular flexibility index (Phi) is 5.59. The number of hydrogen-bond donors (Lipinski definition) is 1. The van der Waals surface area contributed by atoms with Crippen molar-refractivity contribution in [1.82, 2.24) is 10.3 Å². The highest BCUT2D eigenvalue weighted by Gasteiger charge is 2.11. The summed E-state index contributed by atoms with van der Waals surface area (Å²) in [5.41, 5.74) is 1.98. The first kappa shape index (κ1) is 15.8. The monoisotopic (exact) mass is 322 g/mol. The Morgan fingerprint density at radius 1 is 1.29 bits per heavy atom. The van der Waals surface area contributed by atoms with Crippen LogP contribution in [0.5, 0.6) is 0 Å². The number of halogens is 2. The maximum atomic E-state index is 12.0. The van der Waals surface area contributed by atoms with E-state index in [4.69, 9.17) is 23.2 Å². The van der Waals surface area contributed by atoms with Crippen LogP contribution in [0.15, 0.2) is 42.7 Å². The Hall–Kier alpha value is -1.58. The minimum Gasteiger partial charge on any atom is -0.350 e. The summed E-state index contributed by atoms with van der Waals surface area (Å²) in [4.78, 5) is 16.0. The van der Waals surface area contributed by atoms with E-state index in [2.05, 4.69) is 10.3 Å². The van der Waals surface area contributed by atoms with Crippen molar-refractivity contribution in [2.24, 2.45) is 0 Å². The zero-order chi connectivity index (χ0) is 15.2. The molecule has 1 heterocycles. The molecule has 1 aromatic carbocycles. The molecule has 0 saturated heterocycles. The lowest BCUT2D eigenvalue weighted by Crippen LogP contribution is -2.26. The average molecular weight is 323 g/mol. The van der Waals surface area contributed by atoms with E-state index < -0.39 is 0 Å². The fourth-order valence-corrected chi connectivity index (χ4v) is 2.29. The van der Waals surface area contributed by atoms with Crippen molar-refractivity contribution in [1.29, 1.82) is 0 Å². The van der Waals surface area contributed by atoms with Gasteiger partial charge in [-0.25, -0.2) is 0 Å². The van der Waals surface area contributed by atoms with Gasteiger partial charge in [0.15, 0.2) is 0 Å². The lowest BCUT2D eigenvalue weighted by Gasteiger charge is -2.15. The van der Waals surface area contributed by atoms with Crippen molar-refractivity contribution in [3.8, 4) is 0 Å². The van der Waals surface area contributed by atoms with Gasteiger partial charge < -0.3 is 5.32 Å². The molecule has 1 aromatic heterocycles. The number of aryl methyl sites for hydroxylation is 1. The van der Waals surface area contributed by atoms with Crippen molar-refractivity contribution >= 4 is 29.1 Å². The molecule has 0 radical (unpaired) electrons. The fraction of sp³-hybridized carbons (Fsp3) is 0.250. The van der Waals surface area contributed by atoms with Crippen LogP contribution in [0, 0.1) is 0 Å². The van der Waals surface area contributed by atoms with Crippen molar-refractivity contribution < 1.29 is 4.79 Å². The van der Waals surface area contributed by atoms with Crippen LogP contribution >= 0.6 is 23.2 Å². The summed E-state index contributed by atoms with van der Waals surface area (Å²) in [6.07, 6.45) is 4.59. The maximum absolute atomic E-state index is 12.0. The molecule has 110 valence electrons. The summed E-state index contributed by atoms with van der Waals surface area (Å²) in [5.74, 6) is -0.00238. The van der Waals surface area contributed by atoms with E-state index in [0.29, 0.717) is 22.9 Å². The molecular weight excluding hydrogens is 307 g/mol. The predicted molar refractivity (Wildman–Crippen MR) is 85.6 cm³/mol. The number of pyridine rings is 1. The Morgan fingerprint density at radius 3 is 2.76 bits per heavy atom. The van der Waals surface area contributed by atoms with Crippen LogP contribution in [-0.2, 0) is 11.2 Å². The molecular formula is C16H16Cl2N2O. The summed E-state index contributed by atoms with van der Waals surface area (Å²) < 4.78 is 0. The van der Waals surface area contributed by atoms with Gasteiger partial charge in [0.05, 0.1) is 16.1 Å². The molecule has 0 bridgehead atoms. The van der Waals surface area contributed by atoms with E-state index in [0.717, 1.165) is 11.1 Å². The molecule has 1 unspecified atom stereocenters. The Balaban J connectivity index is 1.88. The maximum Gasteiger partial charge on any atom is 0.220 e. The molecule has 2 rings (SSSR count). The first-order valence-electron chi connectivity index (χ1n) is 6.69. The molecule has 1 N–H and O–H groups in total.